The van der Waals surface area contributed by atoms with E-state index < -0.39 is 0 Å². The van der Waals surface area contributed by atoms with Crippen molar-refractivity contribution < 1.29 is 9.53 Å². The third kappa shape index (κ3) is 3.90. The van der Waals surface area contributed by atoms with E-state index in [0.29, 0.717) is 12.3 Å². The number of likely N-dealkylation sites (tertiary alicyclic amines) is 1. The molecule has 1 aromatic carbocycles. The largest absolute Gasteiger partial charge is 0.497 e. The quantitative estimate of drug-likeness (QED) is 0.858. The Morgan fingerprint density at radius 1 is 1.29 bits per heavy atom. The second kappa shape index (κ2) is 8.31. The topological polar surface area (TPSA) is 72.3 Å². The Morgan fingerprint density at radius 3 is 2.89 bits per heavy atom. The molecule has 4 rings (SSSR count). The van der Waals surface area contributed by atoms with Crippen molar-refractivity contribution in [1.29, 1.82) is 0 Å². The minimum atomic E-state index is 0.177. The first-order valence-corrected chi connectivity index (χ1v) is 10.2. The van der Waals surface area contributed by atoms with Gasteiger partial charge in [0.1, 0.15) is 17.4 Å². The number of ether oxygens (including phenoxy) is 1. The molecule has 1 saturated heterocycles. The molecule has 1 aromatic heterocycles. The number of piperidine rings is 1. The lowest BCUT2D eigenvalue weighted by Crippen LogP contribution is -2.39. The lowest BCUT2D eigenvalue weighted by atomic mass is 9.93. The van der Waals surface area contributed by atoms with Gasteiger partial charge in [-0.1, -0.05) is 19.1 Å². The first kappa shape index (κ1) is 18.9. The number of carbonyl (C=O) groups is 1. The Labute approximate surface area is 166 Å². The summed E-state index contributed by atoms with van der Waals surface area (Å²) in [6.07, 6.45) is 2.46. The summed E-state index contributed by atoms with van der Waals surface area (Å²) in [5, 5.41) is 12.1. The van der Waals surface area contributed by atoms with E-state index in [1.807, 2.05) is 23.1 Å². The molecule has 1 amide bonds. The molecule has 1 fully saturated rings. The van der Waals surface area contributed by atoms with Crippen molar-refractivity contribution in [2.45, 2.75) is 51.1 Å². The summed E-state index contributed by atoms with van der Waals surface area (Å²) in [4.78, 5) is 14.8. The van der Waals surface area contributed by atoms with Gasteiger partial charge in [-0.2, -0.15) is 0 Å². The Morgan fingerprint density at radius 2 is 2.11 bits per heavy atom. The molecule has 0 saturated carbocycles. The number of nitrogens with zero attached hydrogens (tertiary/aromatic N) is 4. The van der Waals surface area contributed by atoms with Crippen molar-refractivity contribution in [2.75, 3.05) is 26.7 Å². The molecule has 1 N–H and O–H groups in total. The summed E-state index contributed by atoms with van der Waals surface area (Å²) in [6, 6.07) is 8.00. The average molecular weight is 383 g/mol. The monoisotopic (exact) mass is 383 g/mol. The Hall–Kier alpha value is -2.41. The molecule has 0 spiro atoms. The molecule has 2 aliphatic heterocycles. The van der Waals surface area contributed by atoms with E-state index in [1.165, 1.54) is 0 Å². The Kier molecular flexibility index (Phi) is 5.62. The molecular weight excluding hydrogens is 354 g/mol. The molecule has 0 bridgehead atoms. The fraction of sp³-hybridized carbons (Fsp3) is 0.571. The van der Waals surface area contributed by atoms with E-state index in [9.17, 15) is 4.79 Å². The maximum Gasteiger partial charge on any atom is 0.223 e. The van der Waals surface area contributed by atoms with Crippen LogP contribution in [0.1, 0.15) is 55.2 Å². The maximum absolute atomic E-state index is 12.8. The Bertz CT molecular complexity index is 826. The number of fused-ring (bicyclic) bond motifs is 1. The second-order valence-corrected chi connectivity index (χ2v) is 7.84. The minimum absolute atomic E-state index is 0.177. The molecule has 1 unspecified atom stereocenters. The van der Waals surface area contributed by atoms with E-state index in [4.69, 9.17) is 4.74 Å². The van der Waals surface area contributed by atoms with E-state index >= 15 is 0 Å². The summed E-state index contributed by atoms with van der Waals surface area (Å²) in [7, 11) is 1.67. The molecular formula is C21H29N5O2. The number of nitrogens with one attached hydrogen (secondary N) is 1. The fourth-order valence-corrected chi connectivity index (χ4v) is 4.26. The van der Waals surface area contributed by atoms with Crippen molar-refractivity contribution in [1.82, 2.24) is 25.0 Å². The van der Waals surface area contributed by atoms with E-state index in [-0.39, 0.29) is 11.8 Å². The third-order valence-corrected chi connectivity index (χ3v) is 6.01. The summed E-state index contributed by atoms with van der Waals surface area (Å²) >= 11 is 0. The van der Waals surface area contributed by atoms with Gasteiger partial charge in [-0.25, -0.2) is 0 Å². The number of amides is 1. The first-order chi connectivity index (χ1) is 13.7. The highest BCUT2D eigenvalue weighted by atomic mass is 16.5. The SMILES string of the molecule is COc1cccc(C(C)CC(=O)N2CCC(c3nnc4n3CCNC4)CC2)c1. The average Bonchev–Trinajstić information content (AvgIpc) is 3.18. The van der Waals surface area contributed by atoms with Crippen molar-refractivity contribution in [2.24, 2.45) is 0 Å². The van der Waals surface area contributed by atoms with Crippen LogP contribution in [0.25, 0.3) is 0 Å². The van der Waals surface area contributed by atoms with Gasteiger partial charge in [-0.05, 0) is 36.5 Å². The lowest BCUT2D eigenvalue weighted by molar-refractivity contribution is -0.132. The van der Waals surface area contributed by atoms with Gasteiger partial charge in [-0.3, -0.25) is 4.79 Å². The van der Waals surface area contributed by atoms with E-state index in [0.717, 1.165) is 68.5 Å². The van der Waals surface area contributed by atoms with Gasteiger partial charge in [0.2, 0.25) is 5.91 Å². The Balaban J connectivity index is 1.33. The molecule has 3 heterocycles. The smallest absolute Gasteiger partial charge is 0.223 e. The van der Waals surface area contributed by atoms with Gasteiger partial charge in [-0.15, -0.1) is 10.2 Å². The highest BCUT2D eigenvalue weighted by molar-refractivity contribution is 5.77. The van der Waals surface area contributed by atoms with Gasteiger partial charge in [0.05, 0.1) is 13.7 Å². The molecule has 0 aliphatic carbocycles. The van der Waals surface area contributed by atoms with Crippen LogP contribution in [0.3, 0.4) is 0 Å². The number of rotatable bonds is 5. The van der Waals surface area contributed by atoms with Crippen LogP contribution in [0.5, 0.6) is 5.75 Å². The summed E-state index contributed by atoms with van der Waals surface area (Å²) in [5.74, 6) is 3.79. The van der Waals surface area contributed by atoms with Gasteiger partial charge >= 0.3 is 0 Å². The number of methoxy groups -OCH3 is 1. The number of hydrogen-bond donors (Lipinski definition) is 1. The van der Waals surface area contributed by atoms with Crippen LogP contribution in [0.2, 0.25) is 0 Å². The summed E-state index contributed by atoms with van der Waals surface area (Å²) < 4.78 is 7.57. The number of carbonyl (C=O) groups excluding carboxylic acids is 1. The van der Waals surface area contributed by atoms with Gasteiger partial charge in [0.25, 0.3) is 0 Å². The molecule has 0 radical (unpaired) electrons. The van der Waals surface area contributed by atoms with E-state index in [2.05, 4.69) is 33.1 Å². The molecule has 7 nitrogen and oxygen atoms in total. The van der Waals surface area contributed by atoms with Gasteiger partial charge in [0, 0.05) is 38.5 Å². The molecule has 7 heteroatoms. The lowest BCUT2D eigenvalue weighted by Gasteiger charge is -2.32. The zero-order valence-electron chi connectivity index (χ0n) is 16.7. The van der Waals surface area contributed by atoms with Crippen LogP contribution in [0.4, 0.5) is 0 Å². The molecule has 150 valence electrons. The molecule has 1 atom stereocenters. The first-order valence-electron chi connectivity index (χ1n) is 10.2. The van der Waals surface area contributed by atoms with Crippen LogP contribution in [0.15, 0.2) is 24.3 Å². The highest BCUT2D eigenvalue weighted by Gasteiger charge is 2.29. The number of benzene rings is 1. The molecule has 28 heavy (non-hydrogen) atoms. The minimum Gasteiger partial charge on any atom is -0.497 e. The third-order valence-electron chi connectivity index (χ3n) is 6.01. The number of hydrogen-bond acceptors (Lipinski definition) is 5. The van der Waals surface area contributed by atoms with Gasteiger partial charge in [0.15, 0.2) is 0 Å². The van der Waals surface area contributed by atoms with Crippen molar-refractivity contribution in [3.63, 3.8) is 0 Å². The van der Waals surface area contributed by atoms with E-state index in [1.54, 1.807) is 7.11 Å². The summed E-state index contributed by atoms with van der Waals surface area (Å²) in [6.45, 7) is 6.42. The predicted molar refractivity (Wildman–Crippen MR) is 106 cm³/mol. The van der Waals surface area contributed by atoms with Crippen LogP contribution in [0, 0.1) is 0 Å². The van der Waals surface area contributed by atoms with Crippen LogP contribution >= 0.6 is 0 Å². The standard InChI is InChI=1S/C21H29N5O2/c1-15(17-4-3-5-18(13-17)28-2)12-20(27)25-9-6-16(7-10-25)21-24-23-19-14-22-8-11-26(19)21/h3-5,13,15-16,22H,6-12,14H2,1-2H3. The van der Waals surface area contributed by atoms with Crippen molar-refractivity contribution in [3.8, 4) is 5.75 Å². The second-order valence-electron chi connectivity index (χ2n) is 7.84. The van der Waals surface area contributed by atoms with Crippen molar-refractivity contribution >= 4 is 5.91 Å². The van der Waals surface area contributed by atoms with Crippen LogP contribution < -0.4 is 10.1 Å². The predicted octanol–water partition coefficient (Wildman–Crippen LogP) is 2.29. The van der Waals surface area contributed by atoms with Gasteiger partial charge < -0.3 is 19.5 Å². The van der Waals surface area contributed by atoms with Crippen LogP contribution in [-0.2, 0) is 17.9 Å². The molecule has 2 aromatic rings. The van der Waals surface area contributed by atoms with Crippen molar-refractivity contribution in [3.05, 3.63) is 41.5 Å². The highest BCUT2D eigenvalue weighted by Crippen LogP contribution is 2.29. The molecule has 2 aliphatic rings. The van der Waals surface area contributed by atoms with Crippen LogP contribution in [-0.4, -0.2) is 52.3 Å². The zero-order chi connectivity index (χ0) is 19.5. The normalized spacial score (nSPS) is 18.6. The maximum atomic E-state index is 12.8. The fourth-order valence-electron chi connectivity index (χ4n) is 4.26. The zero-order valence-corrected chi connectivity index (χ0v) is 16.7. The summed E-state index contributed by atoms with van der Waals surface area (Å²) in [5.41, 5.74) is 1.14. The number of aromatic nitrogens is 3.